The van der Waals surface area contributed by atoms with Gasteiger partial charge >= 0.3 is 16.8 Å². The van der Waals surface area contributed by atoms with Crippen molar-refractivity contribution in [3.05, 3.63) is 0 Å². The van der Waals surface area contributed by atoms with Crippen molar-refractivity contribution < 1.29 is 68.3 Å². The summed E-state index contributed by atoms with van der Waals surface area (Å²) in [5, 5.41) is 0.884. The first kappa shape index (κ1) is 30.3. The van der Waals surface area contributed by atoms with E-state index in [4.69, 9.17) is 64.0 Å². The lowest BCUT2D eigenvalue weighted by Gasteiger charge is -1.92. The second kappa shape index (κ2) is 12.9. The van der Waals surface area contributed by atoms with E-state index < -0.39 is 31.2 Å². The minimum absolute atomic E-state index is 0.467. The second-order valence-corrected chi connectivity index (χ2v) is 7.44. The van der Waals surface area contributed by atoms with Crippen LogP contribution in [0.4, 0.5) is 17.3 Å². The van der Waals surface area contributed by atoms with Crippen LogP contribution in [0.5, 0.6) is 0 Å². The Morgan fingerprint density at radius 3 is 1.44 bits per heavy atom. The van der Waals surface area contributed by atoms with Gasteiger partial charge in [0.15, 0.2) is 0 Å². The number of aromatic nitrogens is 2. The average molecular weight is 479 g/mol. The Morgan fingerprint density at radius 1 is 0.926 bits per heavy atom. The molecule has 17 nitrogen and oxygen atoms in total. The van der Waals surface area contributed by atoms with Crippen molar-refractivity contribution in [2.24, 2.45) is 0 Å². The monoisotopic (exact) mass is 479 g/mol. The molecule has 0 spiro atoms. The van der Waals surface area contributed by atoms with E-state index in [-0.39, 0.29) is 0 Å². The Kier molecular flexibility index (Phi) is 14.5. The van der Waals surface area contributed by atoms with E-state index in [1.54, 1.807) is 11.8 Å². The molecule has 27 heavy (non-hydrogen) atoms. The Hall–Kier alpha value is -1.40. The minimum atomic E-state index is -4.92. The number of quaternary nitrogens is 1. The van der Waals surface area contributed by atoms with Crippen molar-refractivity contribution in [3.8, 4) is 0 Å². The molecule has 0 amide bonds. The van der Waals surface area contributed by atoms with Crippen LogP contribution in [0.25, 0.3) is 0 Å². The third kappa shape index (κ3) is 40.6. The number of anilines is 2. The van der Waals surface area contributed by atoms with Gasteiger partial charge in [0.1, 0.15) is 0 Å². The van der Waals surface area contributed by atoms with E-state index in [9.17, 15) is 0 Å². The summed E-state index contributed by atoms with van der Waals surface area (Å²) in [4.78, 5) is 5.95. The molecule has 0 saturated carbocycles. The fourth-order valence-electron chi connectivity index (χ4n) is 0.804. The molecule has 0 radical (unpaired) electrons. The highest BCUT2D eigenvalue weighted by Gasteiger charge is 2.19. The van der Waals surface area contributed by atoms with E-state index in [0.29, 0.717) is 17.3 Å². The SMILES string of the molecule is CCSc1[nH+]c(N)c(N)c([NH3+])[nH+]1.O=S(=O)([O-])O.O=S(=O)([O-])O.O=S(=O)([O-])O. The summed E-state index contributed by atoms with van der Waals surface area (Å²) in [5.74, 6) is 2.09. The number of rotatable bonds is 2. The molecule has 0 aliphatic carbocycles. The molecule has 0 bridgehead atoms. The van der Waals surface area contributed by atoms with Gasteiger partial charge in [-0.05, 0) is 11.8 Å². The highest BCUT2D eigenvalue weighted by molar-refractivity contribution is 7.98. The van der Waals surface area contributed by atoms with Crippen LogP contribution < -0.4 is 27.2 Å². The van der Waals surface area contributed by atoms with Gasteiger partial charge in [-0.3, -0.25) is 25.1 Å². The van der Waals surface area contributed by atoms with E-state index in [1.807, 2.05) is 0 Å². The summed E-state index contributed by atoms with van der Waals surface area (Å²) in [6, 6.07) is 0. The van der Waals surface area contributed by atoms with Crippen LogP contribution in [0.15, 0.2) is 5.16 Å². The van der Waals surface area contributed by atoms with Gasteiger partial charge in [-0.1, -0.05) is 6.92 Å². The Morgan fingerprint density at radius 2 is 1.22 bits per heavy atom. The van der Waals surface area contributed by atoms with Crippen LogP contribution >= 0.6 is 11.8 Å². The predicted molar refractivity (Wildman–Crippen MR) is 84.3 cm³/mol. The first-order valence-corrected chi connectivity index (χ1v) is 10.8. The number of hydrogen-bond donors (Lipinski definition) is 6. The molecule has 1 aromatic heterocycles. The topological polar surface area (TPSA) is 340 Å². The molecule has 0 aliphatic rings. The zero-order valence-electron chi connectivity index (χ0n) is 13.2. The standard InChI is InChI=1S/C6H11N5S.3H2O4S/c1-2-12-6-10-4(8)3(7)5(9)11-6;3*1-5(2,3)4/h2,7H2,1H3,(H4,8,9,10,11);3*(H2,1,2,3,4). The number of aromatic amines is 2. The molecule has 162 valence electrons. The van der Waals surface area contributed by atoms with Gasteiger partial charge in [-0.25, -0.2) is 25.3 Å². The van der Waals surface area contributed by atoms with E-state index in [2.05, 4.69) is 22.6 Å². The van der Waals surface area contributed by atoms with Crippen molar-refractivity contribution in [1.82, 2.24) is 0 Å². The first-order valence-electron chi connectivity index (χ1n) is 5.68. The maximum Gasteiger partial charge on any atom is 0.377 e. The largest absolute Gasteiger partial charge is 0.726 e. The van der Waals surface area contributed by atoms with E-state index >= 15 is 0 Å². The highest BCUT2D eigenvalue weighted by atomic mass is 32.3. The Bertz CT molecular complexity index is 765. The van der Waals surface area contributed by atoms with Gasteiger partial charge in [-0.15, -0.1) is 0 Å². The lowest BCUT2D eigenvalue weighted by Crippen LogP contribution is -2.49. The number of nitrogen functional groups attached to an aromatic ring is 2. The van der Waals surface area contributed by atoms with Crippen molar-refractivity contribution in [2.45, 2.75) is 12.1 Å². The zero-order valence-corrected chi connectivity index (χ0v) is 16.5. The molecule has 0 unspecified atom stereocenters. The summed E-state index contributed by atoms with van der Waals surface area (Å²) < 4.78 is 98.5. The lowest BCUT2D eigenvalue weighted by atomic mass is 10.4. The normalized spacial score (nSPS) is 11.0. The van der Waals surface area contributed by atoms with Gasteiger partial charge in [0.25, 0.3) is 5.69 Å². The summed E-state index contributed by atoms with van der Waals surface area (Å²) >= 11 is 1.63. The highest BCUT2D eigenvalue weighted by Crippen LogP contribution is 2.13. The van der Waals surface area contributed by atoms with E-state index in [1.165, 1.54) is 0 Å². The van der Waals surface area contributed by atoms with Gasteiger partial charge < -0.3 is 19.4 Å². The molecular formula is C6H17N5O12S4. The quantitative estimate of drug-likeness (QED) is 0.101. The van der Waals surface area contributed by atoms with Crippen molar-refractivity contribution in [2.75, 3.05) is 17.2 Å². The van der Waals surface area contributed by atoms with Crippen LogP contribution in [-0.4, -0.2) is 58.3 Å². The minimum Gasteiger partial charge on any atom is -0.726 e. The number of H-pyrrole nitrogens is 2. The van der Waals surface area contributed by atoms with Gasteiger partial charge in [-0.2, -0.15) is 9.97 Å². The number of thioether (sulfide) groups is 1. The third-order valence-corrected chi connectivity index (χ3v) is 2.20. The number of nitrogens with two attached hydrogens (primary N) is 2. The number of hydrogen-bond acceptors (Lipinski definition) is 12. The fraction of sp³-hybridized carbons (Fsp3) is 0.333. The molecule has 0 saturated heterocycles. The lowest BCUT2D eigenvalue weighted by molar-refractivity contribution is -0.622. The van der Waals surface area contributed by atoms with Crippen molar-refractivity contribution in [3.63, 3.8) is 0 Å². The Labute approximate surface area is 158 Å². The summed E-state index contributed by atoms with van der Waals surface area (Å²) in [6.07, 6.45) is 0. The molecule has 0 fully saturated rings. The third-order valence-electron chi connectivity index (χ3n) is 1.42. The van der Waals surface area contributed by atoms with Crippen LogP contribution in [0, 0.1) is 0 Å². The maximum atomic E-state index is 8.63. The predicted octanol–water partition coefficient (Wildman–Crippen LogP) is -4.52. The molecule has 12 N–H and O–H groups in total. The smallest absolute Gasteiger partial charge is 0.377 e. The molecule has 0 atom stereocenters. The van der Waals surface area contributed by atoms with Gasteiger partial charge in [0.2, 0.25) is 31.2 Å². The van der Waals surface area contributed by atoms with Crippen LogP contribution in [-0.2, 0) is 31.2 Å². The maximum absolute atomic E-state index is 8.63. The number of nitrogens with one attached hydrogen (secondary N) is 2. The summed E-state index contributed by atoms with van der Waals surface area (Å²) in [7, 11) is -14.7. The molecule has 1 heterocycles. The average Bonchev–Trinajstić information content (AvgIpc) is 2.30. The van der Waals surface area contributed by atoms with Gasteiger partial charge in [0, 0.05) is 5.75 Å². The van der Waals surface area contributed by atoms with Crippen LogP contribution in [0.3, 0.4) is 0 Å². The molecule has 0 aliphatic heterocycles. The molecule has 1 rings (SSSR count). The zero-order chi connectivity index (χ0) is 22.6. The summed E-state index contributed by atoms with van der Waals surface area (Å²) in [5.41, 5.74) is 15.4. The fourth-order valence-corrected chi connectivity index (χ4v) is 1.47. The summed E-state index contributed by atoms with van der Waals surface area (Å²) in [6.45, 7) is 2.06. The molecule has 1 aromatic rings. The van der Waals surface area contributed by atoms with Crippen molar-refractivity contribution >= 4 is 60.3 Å². The molecule has 0 aromatic carbocycles. The van der Waals surface area contributed by atoms with E-state index in [0.717, 1.165) is 10.9 Å². The second-order valence-electron chi connectivity index (χ2n) is 3.60. The molecular weight excluding hydrogens is 462 g/mol. The van der Waals surface area contributed by atoms with Crippen LogP contribution in [0.2, 0.25) is 0 Å². The van der Waals surface area contributed by atoms with Gasteiger partial charge in [0.05, 0.1) is 0 Å². The van der Waals surface area contributed by atoms with Crippen LogP contribution in [0.1, 0.15) is 6.92 Å². The first-order chi connectivity index (χ1) is 11.6. The Balaban J connectivity index is -0.000000323. The van der Waals surface area contributed by atoms with Crippen molar-refractivity contribution in [1.29, 1.82) is 0 Å². The molecule has 21 heteroatoms.